The zero-order valence-electron chi connectivity index (χ0n) is 17.3. The van der Waals surface area contributed by atoms with Gasteiger partial charge in [-0.25, -0.2) is 0 Å². The molecule has 6 heteroatoms. The van der Waals surface area contributed by atoms with Gasteiger partial charge in [-0.1, -0.05) is 24.3 Å². The highest BCUT2D eigenvalue weighted by molar-refractivity contribution is 7.17. The van der Waals surface area contributed by atoms with Gasteiger partial charge in [0.15, 0.2) is 0 Å². The molecule has 4 aromatic rings. The summed E-state index contributed by atoms with van der Waals surface area (Å²) in [5.74, 6) is -0.162. The van der Waals surface area contributed by atoms with E-state index in [2.05, 4.69) is 29.6 Å². The van der Waals surface area contributed by atoms with Crippen molar-refractivity contribution < 1.29 is 14.0 Å². The Labute approximate surface area is 189 Å². The van der Waals surface area contributed by atoms with Crippen LogP contribution in [0.1, 0.15) is 36.7 Å². The number of anilines is 2. The zero-order chi connectivity index (χ0) is 21.7. The summed E-state index contributed by atoms with van der Waals surface area (Å²) in [7, 11) is 0. The van der Waals surface area contributed by atoms with Gasteiger partial charge in [0.05, 0.1) is 16.7 Å². The molecule has 0 saturated heterocycles. The van der Waals surface area contributed by atoms with Crippen LogP contribution in [0.4, 0.5) is 11.4 Å². The maximum Gasteiger partial charge on any atom is 0.265 e. The first-order valence-electron chi connectivity index (χ1n) is 10.7. The number of hydrogen-bond donors (Lipinski definition) is 1. The van der Waals surface area contributed by atoms with E-state index in [4.69, 9.17) is 4.42 Å². The molecule has 32 heavy (non-hydrogen) atoms. The first kappa shape index (κ1) is 19.1. The Hall–Kier alpha value is -3.64. The normalized spacial score (nSPS) is 13.9. The van der Waals surface area contributed by atoms with Crippen LogP contribution < -0.4 is 10.2 Å². The van der Waals surface area contributed by atoms with Gasteiger partial charge in [-0.15, -0.1) is 11.3 Å². The highest BCUT2D eigenvalue weighted by atomic mass is 32.1. The van der Waals surface area contributed by atoms with Gasteiger partial charge in [-0.05, 0) is 71.8 Å². The Bertz CT molecular complexity index is 1350. The lowest BCUT2D eigenvalue weighted by Gasteiger charge is -2.16. The van der Waals surface area contributed by atoms with Crippen molar-refractivity contribution in [3.05, 3.63) is 94.3 Å². The lowest BCUT2D eigenvalue weighted by atomic mass is 9.91. The summed E-state index contributed by atoms with van der Waals surface area (Å²) in [4.78, 5) is 29.4. The molecule has 3 heterocycles. The molecule has 2 amide bonds. The molecule has 2 aliphatic rings. The zero-order valence-corrected chi connectivity index (χ0v) is 18.1. The third-order valence-corrected chi connectivity index (χ3v) is 7.41. The molecule has 0 saturated carbocycles. The fourth-order valence-corrected chi connectivity index (χ4v) is 5.77. The number of hydrogen-bond acceptors (Lipinski definition) is 4. The van der Waals surface area contributed by atoms with Crippen molar-refractivity contribution >= 4 is 34.5 Å². The summed E-state index contributed by atoms with van der Waals surface area (Å²) in [6.45, 7) is 0.619. The van der Waals surface area contributed by atoms with Gasteiger partial charge in [0.1, 0.15) is 6.26 Å². The van der Waals surface area contributed by atoms with Crippen LogP contribution in [-0.4, -0.2) is 18.4 Å². The van der Waals surface area contributed by atoms with Crippen molar-refractivity contribution in [3.63, 3.8) is 0 Å². The standard InChI is InChI=1S/C26H20N2O3S/c29-25(23-14-18-6-5-16-3-1-2-4-21(16)24(18)32-23)27-20-7-8-22-17(13-20)9-11-28(22)26(30)19-10-12-31-15-19/h1-4,7-8,10,12-15H,5-6,9,11H2,(H,27,29). The van der Waals surface area contributed by atoms with E-state index in [0.717, 1.165) is 41.1 Å². The number of rotatable bonds is 3. The Morgan fingerprint density at radius 3 is 2.69 bits per heavy atom. The first-order chi connectivity index (χ1) is 15.7. The van der Waals surface area contributed by atoms with Crippen LogP contribution in [-0.2, 0) is 19.3 Å². The predicted octanol–water partition coefficient (Wildman–Crippen LogP) is 5.56. The highest BCUT2D eigenvalue weighted by Crippen LogP contribution is 2.40. The first-order valence-corrected chi connectivity index (χ1v) is 11.5. The van der Waals surface area contributed by atoms with Crippen molar-refractivity contribution in [1.29, 1.82) is 0 Å². The van der Waals surface area contributed by atoms with Gasteiger partial charge in [-0.3, -0.25) is 9.59 Å². The van der Waals surface area contributed by atoms with Gasteiger partial charge in [-0.2, -0.15) is 0 Å². The second kappa shape index (κ2) is 7.50. The third-order valence-electron chi connectivity index (χ3n) is 6.20. The minimum Gasteiger partial charge on any atom is -0.472 e. The Morgan fingerprint density at radius 1 is 0.938 bits per heavy atom. The van der Waals surface area contributed by atoms with E-state index in [1.165, 1.54) is 34.1 Å². The van der Waals surface area contributed by atoms with Gasteiger partial charge in [0.2, 0.25) is 0 Å². The van der Waals surface area contributed by atoms with E-state index in [1.54, 1.807) is 22.3 Å². The molecule has 1 aliphatic heterocycles. The number of nitrogens with zero attached hydrogens (tertiary/aromatic N) is 1. The largest absolute Gasteiger partial charge is 0.472 e. The van der Waals surface area contributed by atoms with E-state index in [9.17, 15) is 9.59 Å². The van der Waals surface area contributed by atoms with Gasteiger partial charge >= 0.3 is 0 Å². The second-order valence-corrected chi connectivity index (χ2v) is 9.19. The number of aryl methyl sites for hydroxylation is 2. The topological polar surface area (TPSA) is 62.6 Å². The minimum atomic E-state index is -0.0915. The van der Waals surface area contributed by atoms with Crippen molar-refractivity contribution in [3.8, 4) is 10.4 Å². The fourth-order valence-electron chi connectivity index (χ4n) is 4.61. The van der Waals surface area contributed by atoms with Crippen LogP contribution in [0.25, 0.3) is 10.4 Å². The van der Waals surface area contributed by atoms with E-state index < -0.39 is 0 Å². The van der Waals surface area contributed by atoms with Crippen LogP contribution in [0.2, 0.25) is 0 Å². The van der Waals surface area contributed by atoms with E-state index in [1.807, 2.05) is 24.3 Å². The second-order valence-electron chi connectivity index (χ2n) is 8.14. The highest BCUT2D eigenvalue weighted by Gasteiger charge is 2.27. The Balaban J connectivity index is 1.22. The lowest BCUT2D eigenvalue weighted by molar-refractivity contribution is 0.0987. The number of nitrogens with one attached hydrogen (secondary N) is 1. The molecule has 0 radical (unpaired) electrons. The average molecular weight is 441 g/mol. The molecule has 1 aliphatic carbocycles. The van der Waals surface area contributed by atoms with Crippen molar-refractivity contribution in [2.45, 2.75) is 19.3 Å². The number of carbonyl (C=O) groups excluding carboxylic acids is 2. The van der Waals surface area contributed by atoms with Crippen LogP contribution in [0.3, 0.4) is 0 Å². The van der Waals surface area contributed by atoms with Crippen molar-refractivity contribution in [2.75, 3.05) is 16.8 Å². The summed E-state index contributed by atoms with van der Waals surface area (Å²) < 4.78 is 5.04. The molecule has 0 unspecified atom stereocenters. The Morgan fingerprint density at radius 2 is 1.81 bits per heavy atom. The van der Waals surface area contributed by atoms with Gasteiger partial charge in [0, 0.05) is 22.8 Å². The number of thiophene rings is 1. The molecule has 0 bridgehead atoms. The number of carbonyl (C=O) groups is 2. The average Bonchev–Trinajstić information content (AvgIpc) is 3.57. The van der Waals surface area contributed by atoms with Crippen LogP contribution >= 0.6 is 11.3 Å². The summed E-state index contributed by atoms with van der Waals surface area (Å²) in [5, 5.41) is 3.05. The lowest BCUT2D eigenvalue weighted by Crippen LogP contribution is -2.28. The van der Waals surface area contributed by atoms with Crippen LogP contribution in [0.15, 0.2) is 71.5 Å². The molecule has 0 fully saturated rings. The number of fused-ring (bicyclic) bond motifs is 4. The SMILES string of the molecule is O=C(Nc1ccc2c(c1)CCN2C(=O)c1ccoc1)c1cc2c(s1)-c1ccccc1CC2. The summed E-state index contributed by atoms with van der Waals surface area (Å²) >= 11 is 1.56. The van der Waals surface area contributed by atoms with Crippen LogP contribution in [0.5, 0.6) is 0 Å². The van der Waals surface area contributed by atoms with E-state index in [-0.39, 0.29) is 11.8 Å². The summed E-state index contributed by atoms with van der Waals surface area (Å²) in [6.07, 6.45) is 5.71. The molecule has 5 nitrogen and oxygen atoms in total. The molecule has 158 valence electrons. The molecule has 1 N–H and O–H groups in total. The smallest absolute Gasteiger partial charge is 0.265 e. The quantitative estimate of drug-likeness (QED) is 0.454. The Kier molecular flexibility index (Phi) is 4.47. The molecule has 6 rings (SSSR count). The van der Waals surface area contributed by atoms with Gasteiger partial charge < -0.3 is 14.6 Å². The summed E-state index contributed by atoms with van der Waals surface area (Å²) in [5.41, 5.74) is 7.08. The minimum absolute atomic E-state index is 0.0706. The number of furan rings is 1. The van der Waals surface area contributed by atoms with E-state index >= 15 is 0 Å². The molecular formula is C26H20N2O3S. The molecule has 0 spiro atoms. The number of benzene rings is 2. The summed E-state index contributed by atoms with van der Waals surface area (Å²) in [6, 6.07) is 17.9. The maximum absolute atomic E-state index is 13.0. The molecular weight excluding hydrogens is 420 g/mol. The monoisotopic (exact) mass is 440 g/mol. The molecule has 2 aromatic carbocycles. The van der Waals surface area contributed by atoms with Gasteiger partial charge in [0.25, 0.3) is 11.8 Å². The van der Waals surface area contributed by atoms with Crippen LogP contribution in [0, 0.1) is 0 Å². The third kappa shape index (κ3) is 3.15. The fraction of sp³-hybridized carbons (Fsp3) is 0.154. The number of amides is 2. The van der Waals surface area contributed by atoms with Crippen molar-refractivity contribution in [2.24, 2.45) is 0 Å². The molecule has 0 atom stereocenters. The molecule has 2 aromatic heterocycles. The predicted molar refractivity (Wildman–Crippen MR) is 126 cm³/mol. The van der Waals surface area contributed by atoms with Crippen molar-refractivity contribution in [1.82, 2.24) is 0 Å². The van der Waals surface area contributed by atoms with E-state index in [0.29, 0.717) is 12.1 Å². The maximum atomic E-state index is 13.0.